The molecule has 21 heavy (non-hydrogen) atoms. The molecule has 0 saturated carbocycles. The molecule has 0 aliphatic rings. The molecule has 0 fully saturated rings. The Kier molecular flexibility index (Phi) is 9.11. The first-order chi connectivity index (χ1) is 10.3. The van der Waals surface area contributed by atoms with Gasteiger partial charge in [0.05, 0.1) is 0 Å². The van der Waals surface area contributed by atoms with Gasteiger partial charge in [-0.2, -0.15) is 0 Å². The van der Waals surface area contributed by atoms with Crippen molar-refractivity contribution >= 4 is 11.7 Å². The summed E-state index contributed by atoms with van der Waals surface area (Å²) in [6, 6.07) is 3.45. The van der Waals surface area contributed by atoms with Crippen LogP contribution in [0.2, 0.25) is 0 Å². The van der Waals surface area contributed by atoms with Crippen molar-refractivity contribution in [2.75, 3.05) is 31.6 Å². The van der Waals surface area contributed by atoms with E-state index < -0.39 is 0 Å². The van der Waals surface area contributed by atoms with E-state index in [9.17, 15) is 4.79 Å². The first-order valence-electron chi connectivity index (χ1n) is 7.71. The fraction of sp³-hybridized carbons (Fsp3) is 0.667. The van der Waals surface area contributed by atoms with E-state index in [4.69, 9.17) is 4.74 Å². The number of carbonyl (C=O) groups is 1. The lowest BCUT2D eigenvalue weighted by Gasteiger charge is -2.06. The Labute approximate surface area is 126 Å². The van der Waals surface area contributed by atoms with Crippen LogP contribution in [0.15, 0.2) is 12.1 Å². The molecule has 118 valence electrons. The summed E-state index contributed by atoms with van der Waals surface area (Å²) >= 11 is 0. The highest BCUT2D eigenvalue weighted by molar-refractivity contribution is 5.92. The van der Waals surface area contributed by atoms with Crippen molar-refractivity contribution in [2.45, 2.75) is 39.5 Å². The number of hydrogen-bond acceptors (Lipinski definition) is 5. The first kappa shape index (κ1) is 17.4. The number of amides is 1. The summed E-state index contributed by atoms with van der Waals surface area (Å²) in [7, 11) is 0. The number of hydrogen-bond donors (Lipinski definition) is 2. The zero-order chi connectivity index (χ0) is 15.3. The van der Waals surface area contributed by atoms with Crippen molar-refractivity contribution in [1.29, 1.82) is 0 Å². The van der Waals surface area contributed by atoms with Crippen LogP contribution in [-0.4, -0.2) is 42.4 Å². The summed E-state index contributed by atoms with van der Waals surface area (Å²) in [5.74, 6) is 0.496. The van der Waals surface area contributed by atoms with E-state index in [1.807, 2.05) is 0 Å². The quantitative estimate of drug-likeness (QED) is 0.612. The average molecular weight is 294 g/mol. The second-order valence-electron chi connectivity index (χ2n) is 4.81. The van der Waals surface area contributed by atoms with Crippen molar-refractivity contribution in [2.24, 2.45) is 0 Å². The van der Waals surface area contributed by atoms with Crippen LogP contribution in [0, 0.1) is 0 Å². The summed E-state index contributed by atoms with van der Waals surface area (Å²) < 4.78 is 5.43. The zero-order valence-electron chi connectivity index (χ0n) is 13.0. The van der Waals surface area contributed by atoms with Crippen molar-refractivity contribution in [3.63, 3.8) is 0 Å². The van der Waals surface area contributed by atoms with E-state index >= 15 is 0 Å². The van der Waals surface area contributed by atoms with Gasteiger partial charge in [0, 0.05) is 26.3 Å². The molecule has 0 radical (unpaired) electrons. The maximum absolute atomic E-state index is 11.8. The van der Waals surface area contributed by atoms with E-state index in [1.165, 1.54) is 0 Å². The van der Waals surface area contributed by atoms with Gasteiger partial charge >= 0.3 is 0 Å². The van der Waals surface area contributed by atoms with Crippen LogP contribution in [0.25, 0.3) is 0 Å². The Morgan fingerprint density at radius 3 is 2.57 bits per heavy atom. The molecule has 0 spiro atoms. The topological polar surface area (TPSA) is 76.1 Å². The second kappa shape index (κ2) is 11.0. The Morgan fingerprint density at radius 1 is 1.10 bits per heavy atom. The van der Waals surface area contributed by atoms with Crippen LogP contribution in [0.1, 0.15) is 50.0 Å². The van der Waals surface area contributed by atoms with Gasteiger partial charge in [0.15, 0.2) is 5.69 Å². The first-order valence-corrected chi connectivity index (χ1v) is 7.71. The maximum Gasteiger partial charge on any atom is 0.271 e. The SMILES string of the molecule is CCCCOCCCNC(=O)c1ccc(NCCC)nn1. The fourth-order valence-corrected chi connectivity index (χ4v) is 1.62. The molecule has 1 aromatic heterocycles. The number of anilines is 1. The van der Waals surface area contributed by atoms with Gasteiger partial charge in [0.1, 0.15) is 5.82 Å². The lowest BCUT2D eigenvalue weighted by atomic mass is 10.3. The highest BCUT2D eigenvalue weighted by Gasteiger charge is 2.07. The van der Waals surface area contributed by atoms with Crippen LogP contribution in [0.4, 0.5) is 5.82 Å². The number of carbonyl (C=O) groups excluding carboxylic acids is 1. The molecule has 0 atom stereocenters. The minimum atomic E-state index is -0.196. The van der Waals surface area contributed by atoms with Crippen LogP contribution >= 0.6 is 0 Å². The van der Waals surface area contributed by atoms with Crippen molar-refractivity contribution in [1.82, 2.24) is 15.5 Å². The fourth-order valence-electron chi connectivity index (χ4n) is 1.62. The predicted octanol–water partition coefficient (Wildman–Crippen LogP) is 2.24. The van der Waals surface area contributed by atoms with Crippen LogP contribution < -0.4 is 10.6 Å². The van der Waals surface area contributed by atoms with Gasteiger partial charge < -0.3 is 15.4 Å². The summed E-state index contributed by atoms with van der Waals surface area (Å²) in [5, 5.41) is 13.8. The van der Waals surface area contributed by atoms with Gasteiger partial charge in [0.2, 0.25) is 0 Å². The molecule has 0 unspecified atom stereocenters. The van der Waals surface area contributed by atoms with E-state index in [1.54, 1.807) is 12.1 Å². The third-order valence-corrected chi connectivity index (χ3v) is 2.85. The summed E-state index contributed by atoms with van der Waals surface area (Å²) in [4.78, 5) is 11.8. The van der Waals surface area contributed by atoms with Crippen molar-refractivity contribution in [3.05, 3.63) is 17.8 Å². The Morgan fingerprint density at radius 2 is 1.90 bits per heavy atom. The minimum absolute atomic E-state index is 0.196. The zero-order valence-corrected chi connectivity index (χ0v) is 13.0. The highest BCUT2D eigenvalue weighted by Crippen LogP contribution is 2.02. The maximum atomic E-state index is 11.8. The molecular formula is C15H26N4O2. The molecule has 0 saturated heterocycles. The van der Waals surface area contributed by atoms with E-state index in [0.717, 1.165) is 38.8 Å². The monoisotopic (exact) mass is 294 g/mol. The molecule has 1 heterocycles. The normalized spacial score (nSPS) is 10.4. The molecule has 0 aliphatic carbocycles. The van der Waals surface area contributed by atoms with Gasteiger partial charge in [-0.15, -0.1) is 10.2 Å². The number of aromatic nitrogens is 2. The van der Waals surface area contributed by atoms with Crippen LogP contribution in [0.3, 0.4) is 0 Å². The van der Waals surface area contributed by atoms with Crippen molar-refractivity contribution in [3.8, 4) is 0 Å². The second-order valence-corrected chi connectivity index (χ2v) is 4.81. The summed E-state index contributed by atoms with van der Waals surface area (Å²) in [6.45, 7) is 7.11. The number of ether oxygens (including phenoxy) is 1. The van der Waals surface area contributed by atoms with Gasteiger partial charge in [-0.1, -0.05) is 20.3 Å². The third kappa shape index (κ3) is 7.60. The van der Waals surface area contributed by atoms with Crippen molar-refractivity contribution < 1.29 is 9.53 Å². The van der Waals surface area contributed by atoms with Crippen LogP contribution in [0.5, 0.6) is 0 Å². The molecule has 0 bridgehead atoms. The van der Waals surface area contributed by atoms with Crippen LogP contribution in [-0.2, 0) is 4.74 Å². The third-order valence-electron chi connectivity index (χ3n) is 2.85. The number of nitrogens with zero attached hydrogens (tertiary/aromatic N) is 2. The standard InChI is InChI=1S/C15H26N4O2/c1-3-5-11-21-12-6-10-17-15(20)13-7-8-14(19-18-13)16-9-4-2/h7-8H,3-6,9-12H2,1-2H3,(H,16,19)(H,17,20). The number of rotatable bonds is 11. The van der Waals surface area contributed by atoms with E-state index in [-0.39, 0.29) is 5.91 Å². The lowest BCUT2D eigenvalue weighted by molar-refractivity contribution is 0.0934. The molecule has 1 amide bonds. The highest BCUT2D eigenvalue weighted by atomic mass is 16.5. The minimum Gasteiger partial charge on any atom is -0.381 e. The molecule has 2 N–H and O–H groups in total. The largest absolute Gasteiger partial charge is 0.381 e. The Balaban J connectivity index is 2.19. The Hall–Kier alpha value is -1.69. The number of unbranched alkanes of at least 4 members (excludes halogenated alkanes) is 1. The van der Waals surface area contributed by atoms with Gasteiger partial charge in [-0.3, -0.25) is 4.79 Å². The lowest BCUT2D eigenvalue weighted by Crippen LogP contribution is -2.26. The molecule has 0 aliphatic heterocycles. The predicted molar refractivity (Wildman–Crippen MR) is 83.5 cm³/mol. The van der Waals surface area contributed by atoms with Gasteiger partial charge in [0.25, 0.3) is 5.91 Å². The molecular weight excluding hydrogens is 268 g/mol. The van der Waals surface area contributed by atoms with E-state index in [2.05, 4.69) is 34.7 Å². The smallest absolute Gasteiger partial charge is 0.271 e. The summed E-state index contributed by atoms with van der Waals surface area (Å²) in [6.07, 6.45) is 4.04. The van der Waals surface area contributed by atoms with Gasteiger partial charge in [-0.05, 0) is 31.4 Å². The molecule has 0 aromatic carbocycles. The molecule has 6 nitrogen and oxygen atoms in total. The molecule has 6 heteroatoms. The van der Waals surface area contributed by atoms with Gasteiger partial charge in [-0.25, -0.2) is 0 Å². The molecule has 1 rings (SSSR count). The number of nitrogens with one attached hydrogen (secondary N) is 2. The summed E-state index contributed by atoms with van der Waals surface area (Å²) in [5.41, 5.74) is 0.337. The average Bonchev–Trinajstić information content (AvgIpc) is 2.52. The molecule has 1 aromatic rings. The Bertz CT molecular complexity index is 395. The van der Waals surface area contributed by atoms with E-state index in [0.29, 0.717) is 24.7 Å².